The largest absolute Gasteiger partial charge is 0.465 e. The van der Waals surface area contributed by atoms with E-state index in [0.717, 1.165) is 6.42 Å². The summed E-state index contributed by atoms with van der Waals surface area (Å²) < 4.78 is 6.70. The first-order valence-corrected chi connectivity index (χ1v) is 8.17. The lowest BCUT2D eigenvalue weighted by Crippen LogP contribution is -2.52. The van der Waals surface area contributed by atoms with Gasteiger partial charge in [-0.05, 0) is 26.8 Å². The summed E-state index contributed by atoms with van der Waals surface area (Å²) in [5.41, 5.74) is -1.03. The predicted octanol–water partition coefficient (Wildman–Crippen LogP) is 1.00. The minimum Gasteiger partial charge on any atom is -0.465 e. The molecule has 1 aromatic heterocycles. The maximum absolute atomic E-state index is 12.1. The summed E-state index contributed by atoms with van der Waals surface area (Å²) in [6, 6.07) is 0. The Hall–Kier alpha value is -1.28. The number of carbonyl (C=O) groups is 1. The number of aromatic nitrogens is 3. The van der Waals surface area contributed by atoms with Crippen LogP contribution in [0.3, 0.4) is 0 Å². The molecule has 21 heavy (non-hydrogen) atoms. The van der Waals surface area contributed by atoms with E-state index in [4.69, 9.17) is 4.74 Å². The number of rotatable bonds is 9. The standard InChI is InChI=1S/C13H24N4O3S/c1-5-8-17-11(19)15-16-12(17)21-9-13(4,14-6-2)10(18)20-7-3/h14H,5-9H2,1-4H3,(H,15,19). The van der Waals surface area contributed by atoms with Crippen LogP contribution in [0.1, 0.15) is 34.1 Å². The van der Waals surface area contributed by atoms with Gasteiger partial charge in [-0.3, -0.25) is 9.36 Å². The average molecular weight is 316 g/mol. The second-order valence-corrected chi connectivity index (χ2v) is 5.78. The maximum atomic E-state index is 12.1. The van der Waals surface area contributed by atoms with Crippen LogP contribution in [-0.4, -0.2) is 45.2 Å². The Bertz CT molecular complexity index is 514. The van der Waals surface area contributed by atoms with E-state index in [-0.39, 0.29) is 11.7 Å². The van der Waals surface area contributed by atoms with Gasteiger partial charge in [-0.2, -0.15) is 0 Å². The van der Waals surface area contributed by atoms with Gasteiger partial charge in [0.2, 0.25) is 0 Å². The van der Waals surface area contributed by atoms with Crippen LogP contribution < -0.4 is 11.0 Å². The zero-order valence-corrected chi connectivity index (χ0v) is 13.9. The van der Waals surface area contributed by atoms with E-state index >= 15 is 0 Å². The van der Waals surface area contributed by atoms with Crippen molar-refractivity contribution < 1.29 is 9.53 Å². The van der Waals surface area contributed by atoms with Crippen LogP contribution in [-0.2, 0) is 16.1 Å². The molecule has 2 N–H and O–H groups in total. The molecule has 0 radical (unpaired) electrons. The summed E-state index contributed by atoms with van der Waals surface area (Å²) in [5.74, 6) is 0.146. The van der Waals surface area contributed by atoms with Gasteiger partial charge in [-0.15, -0.1) is 5.10 Å². The first-order valence-electron chi connectivity index (χ1n) is 7.18. The molecular formula is C13H24N4O3S. The SMILES string of the molecule is CCCn1c(SCC(C)(NCC)C(=O)OCC)n[nH]c1=O. The molecule has 0 amide bonds. The van der Waals surface area contributed by atoms with Crippen LogP contribution in [0.4, 0.5) is 0 Å². The molecule has 1 rings (SSSR count). The van der Waals surface area contributed by atoms with Crippen LogP contribution in [0.15, 0.2) is 9.95 Å². The molecule has 0 aliphatic carbocycles. The molecule has 1 atom stereocenters. The third-order valence-electron chi connectivity index (χ3n) is 2.95. The first kappa shape index (κ1) is 17.8. The topological polar surface area (TPSA) is 89.0 Å². The number of aromatic amines is 1. The highest BCUT2D eigenvalue weighted by atomic mass is 32.2. The van der Waals surface area contributed by atoms with Crippen molar-refractivity contribution in [2.75, 3.05) is 18.9 Å². The van der Waals surface area contributed by atoms with Crippen molar-refractivity contribution in [3.05, 3.63) is 10.5 Å². The fourth-order valence-electron chi connectivity index (χ4n) is 1.91. The normalized spacial score (nSPS) is 13.9. The van der Waals surface area contributed by atoms with Gasteiger partial charge < -0.3 is 10.1 Å². The van der Waals surface area contributed by atoms with Gasteiger partial charge in [-0.25, -0.2) is 9.89 Å². The van der Waals surface area contributed by atoms with Gasteiger partial charge in [0.15, 0.2) is 5.16 Å². The van der Waals surface area contributed by atoms with Gasteiger partial charge in [0, 0.05) is 12.3 Å². The van der Waals surface area contributed by atoms with E-state index in [1.54, 1.807) is 18.4 Å². The molecule has 0 saturated carbocycles. The summed E-state index contributed by atoms with van der Waals surface area (Å²) in [7, 11) is 0. The smallest absolute Gasteiger partial charge is 0.343 e. The Labute approximate surface area is 128 Å². The lowest BCUT2D eigenvalue weighted by Gasteiger charge is -2.27. The summed E-state index contributed by atoms with van der Waals surface area (Å²) in [4.78, 5) is 23.7. The summed E-state index contributed by atoms with van der Waals surface area (Å²) >= 11 is 1.37. The lowest BCUT2D eigenvalue weighted by atomic mass is 10.1. The average Bonchev–Trinajstić information content (AvgIpc) is 2.79. The van der Waals surface area contributed by atoms with Crippen LogP contribution in [0.2, 0.25) is 0 Å². The Morgan fingerprint density at radius 3 is 2.76 bits per heavy atom. The van der Waals surface area contributed by atoms with Crippen molar-refractivity contribution in [1.29, 1.82) is 0 Å². The highest BCUT2D eigenvalue weighted by molar-refractivity contribution is 7.99. The van der Waals surface area contributed by atoms with E-state index in [2.05, 4.69) is 15.5 Å². The Balaban J connectivity index is 2.82. The number of nitrogens with zero attached hydrogens (tertiary/aromatic N) is 2. The van der Waals surface area contributed by atoms with Crippen molar-refractivity contribution in [3.8, 4) is 0 Å². The second kappa shape index (κ2) is 8.23. The van der Waals surface area contributed by atoms with Crippen molar-refractivity contribution >= 4 is 17.7 Å². The van der Waals surface area contributed by atoms with Gasteiger partial charge >= 0.3 is 11.7 Å². The quantitative estimate of drug-likeness (QED) is 0.522. The molecule has 0 saturated heterocycles. The summed E-state index contributed by atoms with van der Waals surface area (Å²) in [6.45, 7) is 9.11. The second-order valence-electron chi connectivity index (χ2n) is 4.83. The Morgan fingerprint density at radius 2 is 2.19 bits per heavy atom. The summed E-state index contributed by atoms with van der Waals surface area (Å²) in [5, 5.41) is 10.2. The lowest BCUT2D eigenvalue weighted by molar-refractivity contribution is -0.149. The third kappa shape index (κ3) is 4.60. The number of nitrogens with one attached hydrogen (secondary N) is 2. The molecule has 0 fully saturated rings. The number of carbonyl (C=O) groups excluding carboxylic acids is 1. The highest BCUT2D eigenvalue weighted by Gasteiger charge is 2.34. The van der Waals surface area contributed by atoms with Crippen molar-refractivity contribution in [2.24, 2.45) is 0 Å². The molecular weight excluding hydrogens is 292 g/mol. The molecule has 0 aromatic carbocycles. The van der Waals surface area contributed by atoms with Crippen molar-refractivity contribution in [2.45, 2.75) is 51.4 Å². The number of hydrogen-bond donors (Lipinski definition) is 2. The molecule has 8 heteroatoms. The van der Waals surface area contributed by atoms with Crippen molar-refractivity contribution in [1.82, 2.24) is 20.1 Å². The van der Waals surface area contributed by atoms with Gasteiger partial charge in [0.25, 0.3) is 0 Å². The molecule has 120 valence electrons. The molecule has 0 spiro atoms. The fraction of sp³-hybridized carbons (Fsp3) is 0.769. The van der Waals surface area contributed by atoms with Crippen LogP contribution in [0.5, 0.6) is 0 Å². The highest BCUT2D eigenvalue weighted by Crippen LogP contribution is 2.21. The first-order chi connectivity index (χ1) is 9.98. The molecule has 0 aliphatic rings. The van der Waals surface area contributed by atoms with Crippen LogP contribution >= 0.6 is 11.8 Å². The van der Waals surface area contributed by atoms with E-state index in [1.165, 1.54) is 11.8 Å². The Morgan fingerprint density at radius 1 is 1.48 bits per heavy atom. The molecule has 1 aromatic rings. The predicted molar refractivity (Wildman–Crippen MR) is 82.6 cm³/mol. The van der Waals surface area contributed by atoms with Gasteiger partial charge in [0.05, 0.1) is 6.61 Å². The number of hydrogen-bond acceptors (Lipinski definition) is 6. The van der Waals surface area contributed by atoms with Crippen molar-refractivity contribution in [3.63, 3.8) is 0 Å². The number of thioether (sulfide) groups is 1. The summed E-state index contributed by atoms with van der Waals surface area (Å²) in [6.07, 6.45) is 0.843. The molecule has 1 unspecified atom stereocenters. The van der Waals surface area contributed by atoms with E-state index in [1.807, 2.05) is 13.8 Å². The molecule has 7 nitrogen and oxygen atoms in total. The molecule has 0 bridgehead atoms. The number of ether oxygens (including phenoxy) is 1. The van der Waals surface area contributed by atoms with E-state index < -0.39 is 5.54 Å². The fourth-order valence-corrected chi connectivity index (χ4v) is 2.98. The van der Waals surface area contributed by atoms with E-state index in [9.17, 15) is 9.59 Å². The maximum Gasteiger partial charge on any atom is 0.343 e. The minimum atomic E-state index is -0.804. The Kier molecular flexibility index (Phi) is 6.97. The zero-order valence-electron chi connectivity index (χ0n) is 13.1. The zero-order chi connectivity index (χ0) is 15.9. The monoisotopic (exact) mass is 316 g/mol. The molecule has 1 heterocycles. The van der Waals surface area contributed by atoms with Crippen LogP contribution in [0.25, 0.3) is 0 Å². The number of esters is 1. The third-order valence-corrected chi connectivity index (χ3v) is 4.24. The number of H-pyrrole nitrogens is 1. The van der Waals surface area contributed by atoms with Crippen LogP contribution in [0, 0.1) is 0 Å². The van der Waals surface area contributed by atoms with Gasteiger partial charge in [0.1, 0.15) is 5.54 Å². The van der Waals surface area contributed by atoms with Gasteiger partial charge in [-0.1, -0.05) is 25.6 Å². The van der Waals surface area contributed by atoms with E-state index in [0.29, 0.717) is 30.6 Å². The number of likely N-dealkylation sites (N-methyl/N-ethyl adjacent to an activating group) is 1. The minimum absolute atomic E-state index is 0.222. The molecule has 0 aliphatic heterocycles.